The Balaban J connectivity index is 1.90. The van der Waals surface area contributed by atoms with E-state index in [2.05, 4.69) is 0 Å². The summed E-state index contributed by atoms with van der Waals surface area (Å²) in [7, 11) is 1.64. The molecule has 148 valence electrons. The van der Waals surface area contributed by atoms with Crippen LogP contribution in [0.25, 0.3) is 0 Å². The molecule has 0 aromatic heterocycles. The lowest BCUT2D eigenvalue weighted by Crippen LogP contribution is -2.12. The Hall–Kier alpha value is -3.53. The minimum atomic E-state index is 0.512. The predicted molar refractivity (Wildman–Crippen MR) is 117 cm³/mol. The second-order valence-corrected chi connectivity index (χ2v) is 6.46. The summed E-state index contributed by atoms with van der Waals surface area (Å²) in [6.07, 6.45) is 2.40. The van der Waals surface area contributed by atoms with E-state index < -0.39 is 0 Å². The van der Waals surface area contributed by atoms with Gasteiger partial charge in [-0.05, 0) is 67.4 Å². The maximum Gasteiger partial charge on any atom is 0.226 e. The van der Waals surface area contributed by atoms with Crippen molar-refractivity contribution in [2.45, 2.75) is 20.3 Å². The average Bonchev–Trinajstić information content (AvgIpc) is 2.75. The monoisotopic (exact) mass is 387 g/mol. The third kappa shape index (κ3) is 5.98. The Morgan fingerprint density at radius 3 is 2.24 bits per heavy atom. The maximum atomic E-state index is 6.16. The van der Waals surface area contributed by atoms with Gasteiger partial charge in [0.1, 0.15) is 17.2 Å². The highest BCUT2D eigenvalue weighted by molar-refractivity contribution is 5.96. The summed E-state index contributed by atoms with van der Waals surface area (Å²) in [5, 5.41) is 0. The molecule has 0 unspecified atom stereocenters. The molecule has 0 aliphatic heterocycles. The topological polar surface area (TPSA) is 40.0 Å². The van der Waals surface area contributed by atoms with Crippen molar-refractivity contribution in [1.29, 1.82) is 0 Å². The quantitative estimate of drug-likeness (QED) is 0.264. The largest absolute Gasteiger partial charge is 0.497 e. The highest BCUT2D eigenvalue weighted by atomic mass is 16.5. The van der Waals surface area contributed by atoms with Crippen molar-refractivity contribution >= 4 is 11.6 Å². The fraction of sp³-hybridized carbons (Fsp3) is 0.160. The molecule has 3 aromatic carbocycles. The van der Waals surface area contributed by atoms with Crippen molar-refractivity contribution in [2.75, 3.05) is 7.11 Å². The molecular formula is C25H25NO3. The summed E-state index contributed by atoms with van der Waals surface area (Å²) in [4.78, 5) is 4.72. The van der Waals surface area contributed by atoms with Crippen LogP contribution in [0.4, 0.5) is 5.69 Å². The van der Waals surface area contributed by atoms with Gasteiger partial charge in [0.15, 0.2) is 0 Å². The number of aryl methyl sites for hydroxylation is 1. The number of nitrogens with zero attached hydrogens (tertiary/aromatic N) is 1. The first-order valence-corrected chi connectivity index (χ1v) is 9.56. The molecule has 0 aliphatic carbocycles. The lowest BCUT2D eigenvalue weighted by molar-refractivity contribution is 0.412. The first kappa shape index (κ1) is 20.2. The van der Waals surface area contributed by atoms with Gasteiger partial charge in [-0.2, -0.15) is 0 Å². The van der Waals surface area contributed by atoms with Crippen LogP contribution in [-0.2, 0) is 0 Å². The molecule has 3 rings (SSSR count). The first-order chi connectivity index (χ1) is 14.2. The van der Waals surface area contributed by atoms with Crippen molar-refractivity contribution in [3.05, 3.63) is 96.3 Å². The molecule has 0 N–H and O–H groups in total. The predicted octanol–water partition coefficient (Wildman–Crippen LogP) is 6.49. The maximum absolute atomic E-state index is 6.16. The van der Waals surface area contributed by atoms with E-state index in [1.165, 1.54) is 0 Å². The Bertz CT molecular complexity index is 976. The van der Waals surface area contributed by atoms with Gasteiger partial charge in [-0.3, -0.25) is 0 Å². The van der Waals surface area contributed by atoms with Crippen molar-refractivity contribution in [1.82, 2.24) is 0 Å². The van der Waals surface area contributed by atoms with Gasteiger partial charge in [-0.1, -0.05) is 37.3 Å². The fourth-order valence-electron chi connectivity index (χ4n) is 2.65. The van der Waals surface area contributed by atoms with Crippen molar-refractivity contribution in [3.8, 4) is 17.2 Å². The smallest absolute Gasteiger partial charge is 0.226 e. The lowest BCUT2D eigenvalue weighted by Gasteiger charge is -2.12. The molecule has 0 amide bonds. The summed E-state index contributed by atoms with van der Waals surface area (Å²) < 4.78 is 17.2. The van der Waals surface area contributed by atoms with Gasteiger partial charge in [0.05, 0.1) is 19.1 Å². The molecular weight excluding hydrogens is 362 g/mol. The standard InChI is InChI=1S/C25H25NO3/c1-4-20(18-28-23-15-13-22(27-3)14-16-23)25(26-21-10-6-5-7-11-21)29-24-12-8-9-19(2)17-24/h5-18H,4H2,1-3H3/b20-18?,26-25+. The molecule has 0 fully saturated rings. The van der Waals surface area contributed by atoms with Crippen molar-refractivity contribution in [3.63, 3.8) is 0 Å². The molecule has 3 aromatic rings. The van der Waals surface area contributed by atoms with E-state index in [0.717, 1.165) is 28.3 Å². The van der Waals surface area contributed by atoms with Gasteiger partial charge in [0, 0.05) is 5.57 Å². The molecule has 0 heterocycles. The number of aliphatic imine (C=N–C) groups is 1. The van der Waals surface area contributed by atoms with Crippen molar-refractivity contribution in [2.24, 2.45) is 4.99 Å². The zero-order chi connectivity index (χ0) is 20.5. The Kier molecular flexibility index (Phi) is 7.06. The number of methoxy groups -OCH3 is 1. The van der Waals surface area contributed by atoms with Crippen LogP contribution in [0.15, 0.2) is 95.7 Å². The van der Waals surface area contributed by atoms with Crippen molar-refractivity contribution < 1.29 is 14.2 Å². The summed E-state index contributed by atoms with van der Waals surface area (Å²) in [6.45, 7) is 4.08. The Morgan fingerprint density at radius 1 is 0.862 bits per heavy atom. The van der Waals surface area contributed by atoms with Gasteiger partial charge >= 0.3 is 0 Å². The zero-order valence-electron chi connectivity index (χ0n) is 17.0. The SMILES string of the molecule is CCC(=COc1ccc(OC)cc1)/C(=N\c1ccccc1)Oc1cccc(C)c1. The minimum absolute atomic E-state index is 0.512. The van der Waals surface area contributed by atoms with Crippen LogP contribution in [0, 0.1) is 6.92 Å². The number of para-hydroxylation sites is 1. The van der Waals surface area contributed by atoms with Crippen LogP contribution in [0.3, 0.4) is 0 Å². The van der Waals surface area contributed by atoms with E-state index in [0.29, 0.717) is 18.1 Å². The molecule has 4 nitrogen and oxygen atoms in total. The second-order valence-electron chi connectivity index (χ2n) is 6.46. The summed E-state index contributed by atoms with van der Waals surface area (Å²) >= 11 is 0. The van der Waals surface area contributed by atoms with E-state index in [1.807, 2.05) is 92.7 Å². The Morgan fingerprint density at radius 2 is 1.59 bits per heavy atom. The average molecular weight is 387 g/mol. The van der Waals surface area contributed by atoms with Crippen LogP contribution in [0.2, 0.25) is 0 Å². The summed E-state index contributed by atoms with van der Waals surface area (Å²) in [5.41, 5.74) is 2.79. The zero-order valence-corrected chi connectivity index (χ0v) is 17.0. The van der Waals surface area contributed by atoms with Gasteiger partial charge in [0.2, 0.25) is 5.90 Å². The highest BCUT2D eigenvalue weighted by Crippen LogP contribution is 2.21. The van der Waals surface area contributed by atoms with Gasteiger partial charge in [-0.25, -0.2) is 4.99 Å². The fourth-order valence-corrected chi connectivity index (χ4v) is 2.65. The summed E-state index contributed by atoms with van der Waals surface area (Å²) in [6, 6.07) is 25.1. The van der Waals surface area contributed by atoms with E-state index in [-0.39, 0.29) is 0 Å². The number of rotatable bonds is 7. The number of benzene rings is 3. The van der Waals surface area contributed by atoms with Crippen LogP contribution >= 0.6 is 0 Å². The first-order valence-electron chi connectivity index (χ1n) is 9.56. The van der Waals surface area contributed by atoms with Crippen LogP contribution in [-0.4, -0.2) is 13.0 Å². The van der Waals surface area contributed by atoms with E-state index in [9.17, 15) is 0 Å². The minimum Gasteiger partial charge on any atom is -0.497 e. The van der Waals surface area contributed by atoms with Gasteiger partial charge in [0.25, 0.3) is 0 Å². The molecule has 0 atom stereocenters. The van der Waals surface area contributed by atoms with E-state index in [1.54, 1.807) is 13.4 Å². The van der Waals surface area contributed by atoms with E-state index in [4.69, 9.17) is 19.2 Å². The van der Waals surface area contributed by atoms with Crippen LogP contribution in [0.5, 0.6) is 17.2 Å². The van der Waals surface area contributed by atoms with Gasteiger partial charge in [-0.15, -0.1) is 0 Å². The normalized spacial score (nSPS) is 11.8. The number of hydrogen-bond acceptors (Lipinski definition) is 4. The third-order valence-electron chi connectivity index (χ3n) is 4.24. The third-order valence-corrected chi connectivity index (χ3v) is 4.24. The molecule has 0 aliphatic rings. The summed E-state index contributed by atoms with van der Waals surface area (Å²) in [5.74, 6) is 2.75. The molecule has 0 radical (unpaired) electrons. The second kappa shape index (κ2) is 10.1. The molecule has 0 spiro atoms. The number of ether oxygens (including phenoxy) is 3. The molecule has 0 saturated carbocycles. The molecule has 29 heavy (non-hydrogen) atoms. The Labute approximate surface area is 172 Å². The lowest BCUT2D eigenvalue weighted by atomic mass is 10.2. The molecule has 0 bridgehead atoms. The highest BCUT2D eigenvalue weighted by Gasteiger charge is 2.11. The number of hydrogen-bond donors (Lipinski definition) is 0. The van der Waals surface area contributed by atoms with Gasteiger partial charge < -0.3 is 14.2 Å². The van der Waals surface area contributed by atoms with E-state index >= 15 is 0 Å². The molecule has 0 saturated heterocycles. The van der Waals surface area contributed by atoms with Crippen LogP contribution < -0.4 is 14.2 Å². The van der Waals surface area contributed by atoms with Crippen LogP contribution in [0.1, 0.15) is 18.9 Å². The molecule has 4 heteroatoms.